The van der Waals surface area contributed by atoms with Gasteiger partial charge in [-0.2, -0.15) is 0 Å². The summed E-state index contributed by atoms with van der Waals surface area (Å²) in [6.07, 6.45) is 10.5. The third kappa shape index (κ3) is 3.13. The van der Waals surface area contributed by atoms with Crippen LogP contribution in [0, 0.1) is 6.92 Å². The molecule has 3 aliphatic rings. The van der Waals surface area contributed by atoms with Gasteiger partial charge in [-0.15, -0.1) is 0 Å². The Bertz CT molecular complexity index is 898. The molecule has 148 valence electrons. The van der Waals surface area contributed by atoms with Gasteiger partial charge in [0.15, 0.2) is 0 Å². The van der Waals surface area contributed by atoms with Gasteiger partial charge in [0.25, 0.3) is 5.91 Å². The molecule has 4 heterocycles. The minimum atomic E-state index is 0.105. The molecule has 0 radical (unpaired) electrons. The summed E-state index contributed by atoms with van der Waals surface area (Å²) in [5.41, 5.74) is 4.14. The highest BCUT2D eigenvalue weighted by molar-refractivity contribution is 5.97. The van der Waals surface area contributed by atoms with Crippen molar-refractivity contribution in [2.24, 2.45) is 0 Å². The van der Waals surface area contributed by atoms with Crippen molar-refractivity contribution in [3.8, 4) is 0 Å². The molecule has 0 saturated carbocycles. The van der Waals surface area contributed by atoms with Gasteiger partial charge in [-0.05, 0) is 45.6 Å². The molecule has 6 nitrogen and oxygen atoms in total. The second-order valence-electron chi connectivity index (χ2n) is 8.32. The molecular weight excluding hydrogens is 352 g/mol. The Morgan fingerprint density at radius 1 is 1.21 bits per heavy atom. The van der Waals surface area contributed by atoms with Gasteiger partial charge in [0, 0.05) is 43.3 Å². The molecule has 2 aromatic heterocycles. The van der Waals surface area contributed by atoms with Crippen LogP contribution in [0.2, 0.25) is 0 Å². The molecule has 28 heavy (non-hydrogen) atoms. The Hall–Kier alpha value is -2.21. The first kappa shape index (κ1) is 17.9. The van der Waals surface area contributed by atoms with Gasteiger partial charge in [-0.3, -0.25) is 4.79 Å². The van der Waals surface area contributed by atoms with E-state index in [0.717, 1.165) is 84.8 Å². The van der Waals surface area contributed by atoms with Crippen molar-refractivity contribution in [1.82, 2.24) is 20.2 Å². The number of aryl methyl sites for hydroxylation is 2. The lowest BCUT2D eigenvalue weighted by atomic mass is 9.93. The average Bonchev–Trinajstić information content (AvgIpc) is 3.08. The predicted octanol–water partition coefficient (Wildman–Crippen LogP) is 3.27. The Morgan fingerprint density at radius 2 is 2.11 bits per heavy atom. The fourth-order valence-corrected chi connectivity index (χ4v) is 4.89. The molecule has 1 atom stereocenters. The number of hydrogen-bond donors (Lipinski definition) is 1. The van der Waals surface area contributed by atoms with Crippen LogP contribution in [-0.4, -0.2) is 33.9 Å². The predicted molar refractivity (Wildman–Crippen MR) is 105 cm³/mol. The number of amides is 1. The molecule has 0 bridgehead atoms. The molecule has 0 unspecified atom stereocenters. The van der Waals surface area contributed by atoms with Gasteiger partial charge in [-0.1, -0.05) is 6.42 Å². The average molecular weight is 380 g/mol. The molecule has 1 N–H and O–H groups in total. The lowest BCUT2D eigenvalue weighted by Gasteiger charge is -2.29. The second kappa shape index (κ2) is 7.32. The zero-order valence-electron chi connectivity index (χ0n) is 16.6. The van der Waals surface area contributed by atoms with Crippen LogP contribution in [-0.2, 0) is 25.8 Å². The normalized spacial score (nSPS) is 21.9. The van der Waals surface area contributed by atoms with Crippen LogP contribution in [0.15, 0.2) is 10.6 Å². The highest BCUT2D eigenvalue weighted by Crippen LogP contribution is 2.31. The van der Waals surface area contributed by atoms with Gasteiger partial charge in [0.2, 0.25) is 0 Å². The van der Waals surface area contributed by atoms with E-state index in [2.05, 4.69) is 10.3 Å². The monoisotopic (exact) mass is 380 g/mol. The third-order valence-electron chi connectivity index (χ3n) is 6.42. The van der Waals surface area contributed by atoms with E-state index in [4.69, 9.17) is 9.40 Å². The number of nitrogens with zero attached hydrogens (tertiary/aromatic N) is 3. The summed E-state index contributed by atoms with van der Waals surface area (Å²) in [6, 6.07) is 0.277. The maximum atomic E-state index is 13.3. The summed E-state index contributed by atoms with van der Waals surface area (Å²) in [5, 5.41) is 3.52. The molecule has 1 aliphatic carbocycles. The molecule has 0 spiro atoms. The highest BCUT2D eigenvalue weighted by atomic mass is 16.3. The number of furan rings is 1. The first-order valence-corrected chi connectivity index (χ1v) is 10.7. The van der Waals surface area contributed by atoms with Crippen LogP contribution in [0.5, 0.6) is 0 Å². The molecule has 2 aromatic rings. The number of carbonyl (C=O) groups is 1. The van der Waals surface area contributed by atoms with Gasteiger partial charge in [0.05, 0.1) is 17.3 Å². The van der Waals surface area contributed by atoms with Gasteiger partial charge >= 0.3 is 0 Å². The van der Waals surface area contributed by atoms with Crippen molar-refractivity contribution in [3.05, 3.63) is 45.9 Å². The van der Waals surface area contributed by atoms with Gasteiger partial charge in [-0.25, -0.2) is 9.97 Å². The van der Waals surface area contributed by atoms with Crippen molar-refractivity contribution >= 4 is 5.91 Å². The lowest BCUT2D eigenvalue weighted by molar-refractivity contribution is 0.0730. The Labute approximate surface area is 165 Å². The number of rotatable bonds is 2. The third-order valence-corrected chi connectivity index (χ3v) is 6.42. The molecule has 1 amide bonds. The Balaban J connectivity index is 1.36. The number of carbonyl (C=O) groups excluding carboxylic acids is 1. The van der Waals surface area contributed by atoms with Crippen LogP contribution in [0.25, 0.3) is 0 Å². The molecule has 1 saturated heterocycles. The quantitative estimate of drug-likeness (QED) is 0.866. The zero-order valence-corrected chi connectivity index (χ0v) is 16.6. The van der Waals surface area contributed by atoms with Crippen molar-refractivity contribution in [2.75, 3.05) is 13.1 Å². The minimum absolute atomic E-state index is 0.105. The smallest absolute Gasteiger partial charge is 0.257 e. The Morgan fingerprint density at radius 3 is 2.96 bits per heavy atom. The zero-order chi connectivity index (χ0) is 19.1. The van der Waals surface area contributed by atoms with Crippen LogP contribution in [0.1, 0.15) is 82.7 Å². The van der Waals surface area contributed by atoms with E-state index in [1.165, 1.54) is 12.8 Å². The SMILES string of the molecule is Cc1oc2c(c1C(=O)N1CCc3nc([C@@H]4CCCCN4)ncc3C1)CCCC2. The van der Waals surface area contributed by atoms with Gasteiger partial charge in [0.1, 0.15) is 17.3 Å². The van der Waals surface area contributed by atoms with Crippen molar-refractivity contribution in [3.63, 3.8) is 0 Å². The van der Waals surface area contributed by atoms with E-state index in [1.54, 1.807) is 0 Å². The fourth-order valence-electron chi connectivity index (χ4n) is 4.89. The largest absolute Gasteiger partial charge is 0.465 e. The standard InChI is InChI=1S/C22H28N4O2/c1-14-20(16-6-2-3-8-19(16)28-14)22(27)26-11-9-17-15(13-26)12-24-21(25-17)18-7-4-5-10-23-18/h12,18,23H,2-11,13H2,1H3/t18-/m0/s1. The fraction of sp³-hybridized carbons (Fsp3) is 0.591. The number of fused-ring (bicyclic) bond motifs is 2. The lowest BCUT2D eigenvalue weighted by Crippen LogP contribution is -2.37. The molecule has 5 rings (SSSR count). The minimum Gasteiger partial charge on any atom is -0.465 e. The van der Waals surface area contributed by atoms with Crippen molar-refractivity contribution in [1.29, 1.82) is 0 Å². The first-order chi connectivity index (χ1) is 13.7. The summed E-state index contributed by atoms with van der Waals surface area (Å²) in [5.74, 6) is 2.82. The van der Waals surface area contributed by atoms with Gasteiger partial charge < -0.3 is 14.6 Å². The van der Waals surface area contributed by atoms with E-state index < -0.39 is 0 Å². The van der Waals surface area contributed by atoms with Crippen molar-refractivity contribution < 1.29 is 9.21 Å². The van der Waals surface area contributed by atoms with E-state index >= 15 is 0 Å². The van der Waals surface area contributed by atoms with Crippen LogP contribution < -0.4 is 5.32 Å². The number of aromatic nitrogens is 2. The summed E-state index contributed by atoms with van der Waals surface area (Å²) in [4.78, 5) is 24.7. The number of hydrogen-bond acceptors (Lipinski definition) is 5. The molecular formula is C22H28N4O2. The van der Waals surface area contributed by atoms with E-state index in [0.29, 0.717) is 13.1 Å². The van der Waals surface area contributed by atoms with E-state index in [-0.39, 0.29) is 11.9 Å². The summed E-state index contributed by atoms with van der Waals surface area (Å²) >= 11 is 0. The topological polar surface area (TPSA) is 71.3 Å². The Kier molecular flexibility index (Phi) is 4.67. The number of piperidine rings is 1. The highest BCUT2D eigenvalue weighted by Gasteiger charge is 2.31. The summed E-state index contributed by atoms with van der Waals surface area (Å²) in [6.45, 7) is 4.27. The summed E-state index contributed by atoms with van der Waals surface area (Å²) < 4.78 is 5.92. The van der Waals surface area contributed by atoms with E-state index in [9.17, 15) is 4.79 Å². The maximum absolute atomic E-state index is 13.3. The van der Waals surface area contributed by atoms with Crippen LogP contribution in [0.3, 0.4) is 0 Å². The molecule has 6 heteroatoms. The maximum Gasteiger partial charge on any atom is 0.257 e. The van der Waals surface area contributed by atoms with Crippen molar-refractivity contribution in [2.45, 2.75) is 70.9 Å². The van der Waals surface area contributed by atoms with Crippen LogP contribution >= 0.6 is 0 Å². The second-order valence-corrected chi connectivity index (χ2v) is 8.32. The van der Waals surface area contributed by atoms with Crippen LogP contribution in [0.4, 0.5) is 0 Å². The molecule has 1 fully saturated rings. The first-order valence-electron chi connectivity index (χ1n) is 10.7. The number of nitrogens with one attached hydrogen (secondary N) is 1. The molecule has 2 aliphatic heterocycles. The summed E-state index contributed by atoms with van der Waals surface area (Å²) in [7, 11) is 0. The van der Waals surface area contributed by atoms with E-state index in [1.807, 2.05) is 18.0 Å². The molecule has 0 aromatic carbocycles.